The van der Waals surface area contributed by atoms with Crippen molar-refractivity contribution in [1.82, 2.24) is 9.88 Å². The lowest BCUT2D eigenvalue weighted by molar-refractivity contribution is 0.208. The number of amides is 2. The molecule has 1 N–H and O–H groups in total. The number of carbonyl (C=O) groups is 1. The molecule has 0 aliphatic rings. The van der Waals surface area contributed by atoms with Crippen LogP contribution in [0.3, 0.4) is 0 Å². The molecule has 1 heterocycles. The average Bonchev–Trinajstić information content (AvgIpc) is 2.99. The van der Waals surface area contributed by atoms with E-state index in [0.717, 1.165) is 20.9 Å². The minimum atomic E-state index is -0.138. The fourth-order valence-electron chi connectivity index (χ4n) is 2.26. The van der Waals surface area contributed by atoms with Crippen LogP contribution in [-0.2, 0) is 0 Å². The third-order valence-corrected chi connectivity index (χ3v) is 5.08. The number of hydrogen-bond acceptors (Lipinski definition) is 3. The van der Waals surface area contributed by atoms with Gasteiger partial charge in [-0.05, 0) is 38.1 Å². The van der Waals surface area contributed by atoms with E-state index in [0.29, 0.717) is 0 Å². The molecule has 1 aromatic heterocycles. The van der Waals surface area contributed by atoms with E-state index < -0.39 is 0 Å². The third-order valence-electron chi connectivity index (χ3n) is 3.87. The number of nitrogens with one attached hydrogen (secondary N) is 1. The number of para-hydroxylation sites is 1. The van der Waals surface area contributed by atoms with Gasteiger partial charge in [-0.2, -0.15) is 0 Å². The number of nitrogens with zero attached hydrogens (tertiary/aromatic N) is 2. The van der Waals surface area contributed by atoms with E-state index in [1.807, 2.05) is 56.3 Å². The van der Waals surface area contributed by atoms with E-state index in [4.69, 9.17) is 0 Å². The van der Waals surface area contributed by atoms with Gasteiger partial charge in [-0.15, -0.1) is 11.3 Å². The first kappa shape index (κ1) is 15.5. The van der Waals surface area contributed by atoms with Gasteiger partial charge < -0.3 is 10.2 Å². The number of aryl methyl sites for hydroxylation is 1. The van der Waals surface area contributed by atoms with Crippen LogP contribution in [0.4, 0.5) is 10.5 Å². The van der Waals surface area contributed by atoms with Crippen molar-refractivity contribution in [2.75, 3.05) is 12.4 Å². The predicted octanol–water partition coefficient (Wildman–Crippen LogP) is 4.83. The highest BCUT2D eigenvalue weighted by atomic mass is 32.1. The van der Waals surface area contributed by atoms with Crippen LogP contribution in [0.2, 0.25) is 0 Å². The van der Waals surface area contributed by atoms with Crippen LogP contribution in [0.15, 0.2) is 48.5 Å². The number of urea groups is 1. The number of aromatic nitrogens is 1. The minimum Gasteiger partial charge on any atom is -0.318 e. The lowest BCUT2D eigenvalue weighted by Crippen LogP contribution is -2.33. The summed E-state index contributed by atoms with van der Waals surface area (Å²) in [6.07, 6.45) is 0. The van der Waals surface area contributed by atoms with Gasteiger partial charge in [0, 0.05) is 12.7 Å². The fraction of sp³-hybridized carbons (Fsp3) is 0.222. The lowest BCUT2D eigenvalue weighted by atomic mass is 10.2. The molecule has 2 aromatic carbocycles. The quantitative estimate of drug-likeness (QED) is 0.749. The Balaban J connectivity index is 1.74. The summed E-state index contributed by atoms with van der Waals surface area (Å²) < 4.78 is 1.14. The second-order valence-electron chi connectivity index (χ2n) is 5.60. The molecule has 118 valence electrons. The van der Waals surface area contributed by atoms with Crippen LogP contribution in [-0.4, -0.2) is 23.0 Å². The van der Waals surface area contributed by atoms with Gasteiger partial charge >= 0.3 is 6.03 Å². The smallest absolute Gasteiger partial charge is 0.318 e. The van der Waals surface area contributed by atoms with Crippen molar-refractivity contribution in [3.8, 4) is 0 Å². The molecule has 23 heavy (non-hydrogen) atoms. The molecule has 0 spiro atoms. The molecule has 0 fully saturated rings. The molecule has 5 heteroatoms. The zero-order valence-corrected chi connectivity index (χ0v) is 14.2. The minimum absolute atomic E-state index is 0.0853. The van der Waals surface area contributed by atoms with Gasteiger partial charge in [-0.3, -0.25) is 0 Å². The van der Waals surface area contributed by atoms with Crippen LogP contribution in [0, 0.1) is 6.92 Å². The Hall–Kier alpha value is -2.40. The Bertz CT molecular complexity index is 793. The zero-order chi connectivity index (χ0) is 16.4. The summed E-state index contributed by atoms with van der Waals surface area (Å²) in [5, 5.41) is 3.85. The average molecular weight is 325 g/mol. The van der Waals surface area contributed by atoms with Gasteiger partial charge in [0.15, 0.2) is 0 Å². The van der Waals surface area contributed by atoms with Crippen molar-refractivity contribution in [3.63, 3.8) is 0 Å². The van der Waals surface area contributed by atoms with E-state index in [1.54, 1.807) is 23.3 Å². The Morgan fingerprint density at radius 3 is 2.57 bits per heavy atom. The SMILES string of the molecule is Cc1ccc(NC(=O)N(C)[C@H](C)c2nc3ccccc3s2)cc1. The number of benzene rings is 2. The molecule has 3 rings (SSSR count). The normalized spacial score (nSPS) is 12.1. The van der Waals surface area contributed by atoms with Gasteiger partial charge in [-0.25, -0.2) is 9.78 Å². The first-order valence-electron chi connectivity index (χ1n) is 7.50. The summed E-state index contributed by atoms with van der Waals surface area (Å²) in [6.45, 7) is 4.01. The molecule has 0 radical (unpaired) electrons. The fourth-order valence-corrected chi connectivity index (χ4v) is 3.32. The van der Waals surface area contributed by atoms with E-state index in [-0.39, 0.29) is 12.1 Å². The van der Waals surface area contributed by atoms with Crippen LogP contribution < -0.4 is 5.32 Å². The Morgan fingerprint density at radius 1 is 1.17 bits per heavy atom. The van der Waals surface area contributed by atoms with Gasteiger partial charge in [0.2, 0.25) is 0 Å². The summed E-state index contributed by atoms with van der Waals surface area (Å²) in [5.74, 6) is 0. The third kappa shape index (κ3) is 3.35. The maximum atomic E-state index is 12.4. The van der Waals surface area contributed by atoms with Crippen molar-refractivity contribution < 1.29 is 4.79 Å². The molecule has 0 saturated heterocycles. The number of rotatable bonds is 3. The summed E-state index contributed by atoms with van der Waals surface area (Å²) in [6, 6.07) is 15.6. The number of fused-ring (bicyclic) bond motifs is 1. The van der Waals surface area contributed by atoms with Crippen LogP contribution in [0.25, 0.3) is 10.2 Å². The van der Waals surface area contributed by atoms with Crippen molar-refractivity contribution in [3.05, 3.63) is 59.1 Å². The van der Waals surface area contributed by atoms with Crippen molar-refractivity contribution >= 4 is 33.3 Å². The maximum Gasteiger partial charge on any atom is 0.322 e. The molecular weight excluding hydrogens is 306 g/mol. The van der Waals surface area contributed by atoms with E-state index >= 15 is 0 Å². The monoisotopic (exact) mass is 325 g/mol. The Morgan fingerprint density at radius 2 is 1.87 bits per heavy atom. The number of hydrogen-bond donors (Lipinski definition) is 1. The first-order chi connectivity index (χ1) is 11.0. The van der Waals surface area contributed by atoms with Gasteiger partial charge in [0.05, 0.1) is 16.3 Å². The van der Waals surface area contributed by atoms with Crippen molar-refractivity contribution in [2.24, 2.45) is 0 Å². The maximum absolute atomic E-state index is 12.4. The Kier molecular flexibility index (Phi) is 4.30. The number of anilines is 1. The van der Waals surface area contributed by atoms with Gasteiger partial charge in [0.1, 0.15) is 5.01 Å². The van der Waals surface area contributed by atoms with Gasteiger partial charge in [0.25, 0.3) is 0 Å². The predicted molar refractivity (Wildman–Crippen MR) is 96.0 cm³/mol. The van der Waals surface area contributed by atoms with E-state index in [9.17, 15) is 4.79 Å². The highest BCUT2D eigenvalue weighted by Crippen LogP contribution is 2.29. The van der Waals surface area contributed by atoms with Crippen LogP contribution >= 0.6 is 11.3 Å². The molecule has 0 unspecified atom stereocenters. The molecule has 1 atom stereocenters. The standard InChI is InChI=1S/C18H19N3OS/c1-12-8-10-14(11-9-12)19-18(22)21(3)13(2)17-20-15-6-4-5-7-16(15)23-17/h4-11,13H,1-3H3,(H,19,22)/t13-/m1/s1. The topological polar surface area (TPSA) is 45.2 Å². The molecule has 3 aromatic rings. The Labute approximate surface area is 139 Å². The molecular formula is C18H19N3OS. The summed E-state index contributed by atoms with van der Waals surface area (Å²) in [7, 11) is 1.79. The van der Waals surface area contributed by atoms with Crippen molar-refractivity contribution in [1.29, 1.82) is 0 Å². The second kappa shape index (κ2) is 6.38. The summed E-state index contributed by atoms with van der Waals surface area (Å²) in [4.78, 5) is 18.7. The van der Waals surface area contributed by atoms with Crippen LogP contribution in [0.1, 0.15) is 23.5 Å². The lowest BCUT2D eigenvalue weighted by Gasteiger charge is -2.23. The molecule has 0 bridgehead atoms. The van der Waals surface area contributed by atoms with Gasteiger partial charge in [-0.1, -0.05) is 29.8 Å². The highest BCUT2D eigenvalue weighted by Gasteiger charge is 2.20. The zero-order valence-electron chi connectivity index (χ0n) is 13.4. The van der Waals surface area contributed by atoms with E-state index in [1.165, 1.54) is 5.56 Å². The van der Waals surface area contributed by atoms with E-state index in [2.05, 4.69) is 16.4 Å². The van der Waals surface area contributed by atoms with Crippen molar-refractivity contribution in [2.45, 2.75) is 19.9 Å². The second-order valence-corrected chi connectivity index (χ2v) is 6.67. The van der Waals surface area contributed by atoms with Crippen LogP contribution in [0.5, 0.6) is 0 Å². The largest absolute Gasteiger partial charge is 0.322 e. The first-order valence-corrected chi connectivity index (χ1v) is 8.32. The molecule has 0 aliphatic heterocycles. The summed E-state index contributed by atoms with van der Waals surface area (Å²) >= 11 is 1.63. The molecule has 0 aliphatic carbocycles. The molecule has 2 amide bonds. The molecule has 4 nitrogen and oxygen atoms in total. The number of thiazole rings is 1. The number of carbonyl (C=O) groups excluding carboxylic acids is 1. The summed E-state index contributed by atoms with van der Waals surface area (Å²) in [5.41, 5.74) is 2.94. The highest BCUT2D eigenvalue weighted by molar-refractivity contribution is 7.18. The molecule has 0 saturated carbocycles.